The zero-order chi connectivity index (χ0) is 27.0. The van der Waals surface area contributed by atoms with Gasteiger partial charge in [-0.3, -0.25) is 9.69 Å². The molecule has 0 spiro atoms. The van der Waals surface area contributed by atoms with Gasteiger partial charge in [0.15, 0.2) is 5.16 Å². The van der Waals surface area contributed by atoms with E-state index in [0.29, 0.717) is 21.6 Å². The maximum atomic E-state index is 12.9. The standard InChI is InChI=1S/C30H37ClN6OS/c1-2-35-16-18-37(19-17-35)28-20-27(31)33-30(34-28)39-22-24-8-10-25(11-9-24)29(38)32-26-12-14-36(15-13-26)21-23-6-4-3-5-7-23/h3-11,20,26H,2,12-19,21-22H2,1H3,(H,32,38). The number of carbonyl (C=O) groups excluding carboxylic acids is 1. The molecule has 1 aromatic heterocycles. The van der Waals surface area contributed by atoms with Crippen LogP contribution in [-0.2, 0) is 12.3 Å². The van der Waals surface area contributed by atoms with Crippen molar-refractivity contribution >= 4 is 35.1 Å². The van der Waals surface area contributed by atoms with Crippen molar-refractivity contribution in [3.63, 3.8) is 0 Å². The van der Waals surface area contributed by atoms with Gasteiger partial charge >= 0.3 is 0 Å². The number of carbonyl (C=O) groups is 1. The monoisotopic (exact) mass is 564 g/mol. The van der Waals surface area contributed by atoms with E-state index in [4.69, 9.17) is 16.6 Å². The molecule has 0 bridgehead atoms. The van der Waals surface area contributed by atoms with Crippen LogP contribution in [0.3, 0.4) is 0 Å². The van der Waals surface area contributed by atoms with Gasteiger partial charge in [0.05, 0.1) is 0 Å². The molecule has 3 heterocycles. The number of amides is 1. The first-order chi connectivity index (χ1) is 19.1. The molecule has 0 aliphatic carbocycles. The molecule has 2 aliphatic rings. The molecule has 3 aromatic rings. The van der Waals surface area contributed by atoms with Crippen LogP contribution in [-0.4, -0.2) is 77.5 Å². The molecule has 9 heteroatoms. The molecule has 7 nitrogen and oxygen atoms in total. The van der Waals surface area contributed by atoms with Crippen molar-refractivity contribution in [1.82, 2.24) is 25.1 Å². The Morgan fingerprint density at radius 2 is 1.64 bits per heavy atom. The molecule has 2 fully saturated rings. The van der Waals surface area contributed by atoms with Gasteiger partial charge in [0.25, 0.3) is 5.91 Å². The summed E-state index contributed by atoms with van der Waals surface area (Å²) in [4.78, 5) is 29.2. The third-order valence-electron chi connectivity index (χ3n) is 7.56. The highest BCUT2D eigenvalue weighted by molar-refractivity contribution is 7.98. The van der Waals surface area contributed by atoms with Gasteiger partial charge < -0.3 is 15.1 Å². The van der Waals surface area contributed by atoms with E-state index in [1.54, 1.807) is 11.8 Å². The summed E-state index contributed by atoms with van der Waals surface area (Å²) in [6.07, 6.45) is 1.95. The zero-order valence-corrected chi connectivity index (χ0v) is 24.1. The number of hydrogen-bond donors (Lipinski definition) is 1. The fraction of sp³-hybridized carbons (Fsp3) is 0.433. The smallest absolute Gasteiger partial charge is 0.251 e. The van der Waals surface area contributed by atoms with Crippen molar-refractivity contribution in [2.45, 2.75) is 43.3 Å². The Morgan fingerprint density at radius 1 is 0.923 bits per heavy atom. The van der Waals surface area contributed by atoms with Crippen LogP contribution in [0.4, 0.5) is 5.82 Å². The van der Waals surface area contributed by atoms with Gasteiger partial charge in [-0.05, 0) is 42.6 Å². The number of piperidine rings is 1. The second kappa shape index (κ2) is 13.6. The summed E-state index contributed by atoms with van der Waals surface area (Å²) in [5, 5.41) is 4.38. The van der Waals surface area contributed by atoms with E-state index in [0.717, 1.165) is 76.6 Å². The van der Waals surface area contributed by atoms with Crippen LogP contribution in [0.25, 0.3) is 0 Å². The lowest BCUT2D eigenvalue weighted by Gasteiger charge is -2.34. The summed E-state index contributed by atoms with van der Waals surface area (Å²) in [5.41, 5.74) is 3.15. The van der Waals surface area contributed by atoms with Gasteiger partial charge in [0, 0.05) is 69.2 Å². The summed E-state index contributed by atoms with van der Waals surface area (Å²) in [6.45, 7) is 10.2. The van der Waals surface area contributed by atoms with Gasteiger partial charge in [-0.2, -0.15) is 0 Å². The number of thioether (sulfide) groups is 1. The first-order valence-corrected chi connectivity index (χ1v) is 15.2. The Hall–Kier alpha value is -2.65. The predicted octanol–water partition coefficient (Wildman–Crippen LogP) is 4.96. The normalized spacial score (nSPS) is 17.3. The van der Waals surface area contributed by atoms with E-state index in [1.165, 1.54) is 5.56 Å². The van der Waals surface area contributed by atoms with Crippen molar-refractivity contribution < 1.29 is 4.79 Å². The molecule has 0 radical (unpaired) electrons. The second-order valence-electron chi connectivity index (χ2n) is 10.2. The summed E-state index contributed by atoms with van der Waals surface area (Å²) in [6, 6.07) is 20.5. The molecule has 2 saturated heterocycles. The van der Waals surface area contributed by atoms with Crippen molar-refractivity contribution in [2.75, 3.05) is 50.7 Å². The molecule has 1 N–H and O–H groups in total. The molecule has 0 unspecified atom stereocenters. The molecule has 1 amide bonds. The van der Waals surface area contributed by atoms with Crippen LogP contribution in [0.15, 0.2) is 65.8 Å². The number of halogens is 1. The number of anilines is 1. The highest BCUT2D eigenvalue weighted by atomic mass is 35.5. The summed E-state index contributed by atoms with van der Waals surface area (Å²) >= 11 is 7.90. The Bertz CT molecular complexity index is 1210. The first-order valence-electron chi connectivity index (χ1n) is 13.9. The number of benzene rings is 2. The molecular weight excluding hydrogens is 528 g/mol. The van der Waals surface area contributed by atoms with Crippen molar-refractivity contribution in [1.29, 1.82) is 0 Å². The maximum Gasteiger partial charge on any atom is 0.251 e. The van der Waals surface area contributed by atoms with Crippen LogP contribution >= 0.6 is 23.4 Å². The van der Waals surface area contributed by atoms with Gasteiger partial charge in [-0.25, -0.2) is 9.97 Å². The number of hydrogen-bond acceptors (Lipinski definition) is 7. The Balaban J connectivity index is 1.08. The van der Waals surface area contributed by atoms with Crippen molar-refractivity contribution in [3.05, 3.63) is 82.5 Å². The molecule has 0 atom stereocenters. The van der Waals surface area contributed by atoms with Crippen LogP contribution in [0.5, 0.6) is 0 Å². The second-order valence-corrected chi connectivity index (χ2v) is 11.6. The molecule has 5 rings (SSSR count). The quantitative estimate of drug-likeness (QED) is 0.224. The van der Waals surface area contributed by atoms with Gasteiger partial charge in [0.1, 0.15) is 11.0 Å². The Kier molecular flexibility index (Phi) is 9.74. The number of likely N-dealkylation sites (N-methyl/N-ethyl adjacent to an activating group) is 1. The predicted molar refractivity (Wildman–Crippen MR) is 160 cm³/mol. The lowest BCUT2D eigenvalue weighted by molar-refractivity contribution is 0.0909. The molecule has 2 aliphatic heterocycles. The summed E-state index contributed by atoms with van der Waals surface area (Å²) in [7, 11) is 0. The summed E-state index contributed by atoms with van der Waals surface area (Å²) < 4.78 is 0. The first kappa shape index (κ1) is 27.9. The molecule has 39 heavy (non-hydrogen) atoms. The van der Waals surface area contributed by atoms with Crippen LogP contribution in [0, 0.1) is 0 Å². The zero-order valence-electron chi connectivity index (χ0n) is 22.6. The highest BCUT2D eigenvalue weighted by Gasteiger charge is 2.21. The van der Waals surface area contributed by atoms with E-state index < -0.39 is 0 Å². The molecule has 2 aromatic carbocycles. The number of nitrogens with one attached hydrogen (secondary N) is 1. The Labute approximate surface area is 240 Å². The number of piperazine rings is 1. The minimum Gasteiger partial charge on any atom is -0.354 e. The maximum absolute atomic E-state index is 12.9. The fourth-order valence-corrected chi connectivity index (χ4v) is 6.19. The van der Waals surface area contributed by atoms with E-state index in [-0.39, 0.29) is 11.9 Å². The third-order valence-corrected chi connectivity index (χ3v) is 8.67. The van der Waals surface area contributed by atoms with Crippen LogP contribution < -0.4 is 10.2 Å². The average molecular weight is 565 g/mol. The molecule has 206 valence electrons. The third kappa shape index (κ3) is 7.94. The van der Waals surface area contributed by atoms with E-state index in [2.05, 4.69) is 62.3 Å². The van der Waals surface area contributed by atoms with E-state index >= 15 is 0 Å². The van der Waals surface area contributed by atoms with Gasteiger partial charge in [-0.1, -0.05) is 72.8 Å². The molecule has 0 saturated carbocycles. The van der Waals surface area contributed by atoms with Gasteiger partial charge in [0.2, 0.25) is 0 Å². The van der Waals surface area contributed by atoms with Gasteiger partial charge in [-0.15, -0.1) is 0 Å². The van der Waals surface area contributed by atoms with Crippen LogP contribution in [0.2, 0.25) is 5.15 Å². The number of rotatable bonds is 9. The Morgan fingerprint density at radius 3 is 2.33 bits per heavy atom. The topological polar surface area (TPSA) is 64.6 Å². The lowest BCUT2D eigenvalue weighted by Crippen LogP contribution is -2.46. The van der Waals surface area contributed by atoms with E-state index in [9.17, 15) is 4.79 Å². The van der Waals surface area contributed by atoms with Crippen molar-refractivity contribution in [3.8, 4) is 0 Å². The fourth-order valence-electron chi connectivity index (χ4n) is 5.15. The highest BCUT2D eigenvalue weighted by Crippen LogP contribution is 2.25. The SMILES string of the molecule is CCN1CCN(c2cc(Cl)nc(SCc3ccc(C(=O)NC4CCN(Cc5ccccc5)CC4)cc3)n2)CC1. The number of aromatic nitrogens is 2. The lowest BCUT2D eigenvalue weighted by atomic mass is 10.0. The minimum atomic E-state index is 0.00157. The van der Waals surface area contributed by atoms with E-state index in [1.807, 2.05) is 30.3 Å². The number of likely N-dealkylation sites (tertiary alicyclic amines) is 1. The van der Waals surface area contributed by atoms with Crippen molar-refractivity contribution in [2.24, 2.45) is 0 Å². The minimum absolute atomic E-state index is 0.00157. The number of nitrogens with zero attached hydrogens (tertiary/aromatic N) is 5. The molecular formula is C30H37ClN6OS. The largest absolute Gasteiger partial charge is 0.354 e. The summed E-state index contributed by atoms with van der Waals surface area (Å²) in [5.74, 6) is 1.61. The average Bonchev–Trinajstić information content (AvgIpc) is 2.97. The van der Waals surface area contributed by atoms with Crippen LogP contribution in [0.1, 0.15) is 41.3 Å².